The molecule has 12 heavy (non-hydrogen) atoms. The Hall–Kier alpha value is 0.140. The van der Waals surface area contributed by atoms with Crippen LogP contribution in [0.2, 0.25) is 0 Å². The molecule has 3 aliphatic rings. The van der Waals surface area contributed by atoms with Crippen LogP contribution in [0.25, 0.3) is 0 Å². The molecule has 0 aromatic carbocycles. The molecule has 0 saturated carbocycles. The van der Waals surface area contributed by atoms with E-state index in [1.807, 2.05) is 0 Å². The van der Waals surface area contributed by atoms with Gasteiger partial charge in [0.1, 0.15) is 13.2 Å². The molecular weight excluding hydrogens is 179 g/mol. The highest BCUT2D eigenvalue weighted by Crippen LogP contribution is 2.18. The van der Waals surface area contributed by atoms with Gasteiger partial charge in [0.25, 0.3) is 0 Å². The smallest absolute Gasteiger partial charge is 0.138 e. The van der Waals surface area contributed by atoms with Gasteiger partial charge in [-0.2, -0.15) is 0 Å². The number of piperazine rings is 3. The molecule has 0 atom stereocenters. The van der Waals surface area contributed by atoms with E-state index in [1.165, 1.54) is 39.3 Å². The second-order valence-corrected chi connectivity index (χ2v) is 3.77. The average molecular weight is 195 g/mol. The maximum Gasteiger partial charge on any atom is 0.138 e. The number of fused-ring (bicyclic) bond motifs is 3. The summed E-state index contributed by atoms with van der Waals surface area (Å²) in [5, 5.41) is 0. The van der Waals surface area contributed by atoms with E-state index in [2.05, 4.69) is 4.90 Å². The number of hydrogen-bond donors (Lipinski definition) is 0. The molecule has 0 radical (unpaired) electrons. The lowest BCUT2D eigenvalue weighted by Gasteiger charge is -2.50. The molecule has 4 heteroatoms. The second-order valence-electron chi connectivity index (χ2n) is 3.77. The van der Waals surface area contributed by atoms with E-state index in [0.29, 0.717) is 0 Å². The summed E-state index contributed by atoms with van der Waals surface area (Å²) >= 11 is 0. The van der Waals surface area contributed by atoms with E-state index < -0.39 is 0 Å². The van der Waals surface area contributed by atoms with Crippen LogP contribution in [0.5, 0.6) is 0 Å². The third-order valence-corrected chi connectivity index (χ3v) is 3.23. The summed E-state index contributed by atoms with van der Waals surface area (Å²) in [4.78, 5) is 2.48. The van der Waals surface area contributed by atoms with E-state index in [0.717, 1.165) is 11.0 Å². The molecule has 3 saturated heterocycles. The summed E-state index contributed by atoms with van der Waals surface area (Å²) in [5.41, 5.74) is 0. The molecule has 3 fully saturated rings. The van der Waals surface area contributed by atoms with Crippen LogP contribution in [0.3, 0.4) is 0 Å². The predicted molar refractivity (Wildman–Crippen MR) is 42.1 cm³/mol. The molecule has 2 nitrogen and oxygen atoms in total. The van der Waals surface area contributed by atoms with Gasteiger partial charge in [0.15, 0.2) is 0 Å². The van der Waals surface area contributed by atoms with E-state index >= 15 is 0 Å². The largest absolute Gasteiger partial charge is 1.00 e. The van der Waals surface area contributed by atoms with Gasteiger partial charge >= 0.3 is 0 Å². The van der Waals surface area contributed by atoms with Crippen LogP contribution in [0.4, 0.5) is 4.39 Å². The molecular formula is C8H16ClFN2. The molecule has 0 amide bonds. The van der Waals surface area contributed by atoms with Crippen LogP contribution in [-0.2, 0) is 0 Å². The van der Waals surface area contributed by atoms with Crippen molar-refractivity contribution >= 4 is 0 Å². The number of alkyl halides is 1. The lowest BCUT2D eigenvalue weighted by molar-refractivity contribution is -0.940. The Bertz CT molecular complexity index is 126. The number of hydrogen-bond acceptors (Lipinski definition) is 1. The van der Waals surface area contributed by atoms with Gasteiger partial charge in [0, 0.05) is 19.6 Å². The molecule has 2 bridgehead atoms. The molecule has 0 N–H and O–H groups in total. The molecule has 0 spiro atoms. The van der Waals surface area contributed by atoms with Crippen LogP contribution in [0.1, 0.15) is 0 Å². The summed E-state index contributed by atoms with van der Waals surface area (Å²) < 4.78 is 13.3. The fraction of sp³-hybridized carbons (Fsp3) is 1.00. The summed E-state index contributed by atoms with van der Waals surface area (Å²) in [6.45, 7) is 7.76. The summed E-state index contributed by atoms with van der Waals surface area (Å²) in [6.07, 6.45) is 0. The second kappa shape index (κ2) is 3.90. The van der Waals surface area contributed by atoms with Crippen molar-refractivity contribution in [1.82, 2.24) is 4.90 Å². The first-order valence-electron chi connectivity index (χ1n) is 4.48. The Morgan fingerprint density at radius 2 is 1.58 bits per heavy atom. The molecule has 0 aromatic rings. The number of nitrogens with zero attached hydrogens (tertiary/aromatic N) is 2. The fourth-order valence-electron chi connectivity index (χ4n) is 2.25. The maximum atomic E-state index is 12.2. The van der Waals surface area contributed by atoms with Crippen molar-refractivity contribution in [3.8, 4) is 0 Å². The van der Waals surface area contributed by atoms with Gasteiger partial charge in [0.2, 0.25) is 0 Å². The number of halogens is 2. The zero-order valence-corrected chi connectivity index (χ0v) is 8.06. The Kier molecular flexibility index (Phi) is 3.32. The number of rotatable bonds is 2. The Labute approximate surface area is 79.3 Å². The van der Waals surface area contributed by atoms with Crippen molar-refractivity contribution in [2.45, 2.75) is 0 Å². The molecule has 0 aromatic heterocycles. The third-order valence-electron chi connectivity index (χ3n) is 3.23. The lowest BCUT2D eigenvalue weighted by Crippen LogP contribution is -3.00. The molecule has 72 valence electrons. The minimum atomic E-state index is -0.139. The van der Waals surface area contributed by atoms with E-state index in [1.54, 1.807) is 0 Å². The van der Waals surface area contributed by atoms with Gasteiger partial charge in [-0.3, -0.25) is 4.90 Å². The first kappa shape index (κ1) is 10.2. The first-order chi connectivity index (χ1) is 5.35. The summed E-state index contributed by atoms with van der Waals surface area (Å²) in [5.74, 6) is 0. The minimum Gasteiger partial charge on any atom is -1.00 e. The predicted octanol–water partition coefficient (Wildman–Crippen LogP) is -2.89. The SMILES string of the molecule is FCC[N+]12CCN(CC1)CC2.[Cl-]. The van der Waals surface area contributed by atoms with Crippen molar-refractivity contribution in [3.63, 3.8) is 0 Å². The maximum absolute atomic E-state index is 12.2. The topological polar surface area (TPSA) is 3.24 Å². The van der Waals surface area contributed by atoms with Crippen LogP contribution in [0.15, 0.2) is 0 Å². The minimum absolute atomic E-state index is 0. The third kappa shape index (κ3) is 1.73. The van der Waals surface area contributed by atoms with Gasteiger partial charge in [-0.15, -0.1) is 0 Å². The quantitative estimate of drug-likeness (QED) is 0.427. The van der Waals surface area contributed by atoms with Crippen molar-refractivity contribution in [2.24, 2.45) is 0 Å². The van der Waals surface area contributed by atoms with E-state index in [9.17, 15) is 4.39 Å². The Morgan fingerprint density at radius 1 is 1.08 bits per heavy atom. The highest BCUT2D eigenvalue weighted by atomic mass is 35.5. The highest BCUT2D eigenvalue weighted by Gasteiger charge is 2.37. The van der Waals surface area contributed by atoms with Gasteiger partial charge in [-0.25, -0.2) is 4.39 Å². The molecule has 3 rings (SSSR count). The molecule has 0 aliphatic carbocycles. The average Bonchev–Trinajstić information content (AvgIpc) is 2.07. The van der Waals surface area contributed by atoms with Crippen LogP contribution in [-0.4, -0.2) is 61.9 Å². The van der Waals surface area contributed by atoms with E-state index in [-0.39, 0.29) is 19.1 Å². The van der Waals surface area contributed by atoms with Crippen molar-refractivity contribution in [3.05, 3.63) is 0 Å². The monoisotopic (exact) mass is 194 g/mol. The standard InChI is InChI=1S/C8H16FN2.ClH/c9-1-5-11-6-2-10(3-7-11)4-8-11;/h1-8H2;1H/q+1;/p-1. The molecule has 0 unspecified atom stereocenters. The van der Waals surface area contributed by atoms with Crippen molar-refractivity contribution in [2.75, 3.05) is 52.5 Å². The van der Waals surface area contributed by atoms with Crippen LogP contribution in [0, 0.1) is 0 Å². The molecule has 3 heterocycles. The van der Waals surface area contributed by atoms with Crippen molar-refractivity contribution < 1.29 is 21.3 Å². The van der Waals surface area contributed by atoms with Gasteiger partial charge < -0.3 is 16.9 Å². The zero-order chi connectivity index (χ0) is 7.73. The fourth-order valence-corrected chi connectivity index (χ4v) is 2.25. The lowest BCUT2D eigenvalue weighted by atomic mass is 10.1. The summed E-state index contributed by atoms with van der Waals surface area (Å²) in [6, 6.07) is 0. The van der Waals surface area contributed by atoms with Gasteiger partial charge in [-0.05, 0) is 0 Å². The van der Waals surface area contributed by atoms with E-state index in [4.69, 9.17) is 0 Å². The normalized spacial score (nSPS) is 39.2. The van der Waals surface area contributed by atoms with Gasteiger partial charge in [-0.1, -0.05) is 0 Å². The van der Waals surface area contributed by atoms with Crippen LogP contribution < -0.4 is 12.4 Å². The highest BCUT2D eigenvalue weighted by molar-refractivity contribution is 4.70. The zero-order valence-electron chi connectivity index (χ0n) is 7.31. The van der Waals surface area contributed by atoms with Gasteiger partial charge in [0.05, 0.1) is 19.6 Å². The Balaban J connectivity index is 0.000000720. The molecule has 3 aliphatic heterocycles. The number of quaternary nitrogens is 1. The summed E-state index contributed by atoms with van der Waals surface area (Å²) in [7, 11) is 0. The van der Waals surface area contributed by atoms with Crippen molar-refractivity contribution in [1.29, 1.82) is 0 Å². The first-order valence-corrected chi connectivity index (χ1v) is 4.48. The Morgan fingerprint density at radius 3 is 2.00 bits per heavy atom. The van der Waals surface area contributed by atoms with Crippen LogP contribution >= 0.6 is 0 Å².